The molecule has 0 aromatic carbocycles. The highest BCUT2D eigenvalue weighted by Crippen LogP contribution is 2.67. The van der Waals surface area contributed by atoms with Crippen LogP contribution in [0.25, 0.3) is 0 Å². The maximum Gasteiger partial charge on any atom is 0.308 e. The van der Waals surface area contributed by atoms with Gasteiger partial charge in [-0.15, -0.1) is 0 Å². The molecule has 4 nitrogen and oxygen atoms in total. The maximum absolute atomic E-state index is 11.9. The average molecular weight is 363 g/mol. The third-order valence-electron chi connectivity index (χ3n) is 9.06. The van der Waals surface area contributed by atoms with E-state index in [1.807, 2.05) is 0 Å². The van der Waals surface area contributed by atoms with E-state index in [2.05, 4.69) is 19.9 Å². The van der Waals surface area contributed by atoms with Crippen LogP contribution in [0.3, 0.4) is 0 Å². The largest absolute Gasteiger partial charge is 0.469 e. The van der Waals surface area contributed by atoms with Gasteiger partial charge in [0.2, 0.25) is 0 Å². The van der Waals surface area contributed by atoms with Crippen LogP contribution in [0, 0.1) is 28.6 Å². The van der Waals surface area contributed by atoms with Gasteiger partial charge in [0.25, 0.3) is 0 Å². The Morgan fingerprint density at radius 1 is 1.19 bits per heavy atom. The monoisotopic (exact) mass is 362 g/mol. The molecule has 146 valence electrons. The summed E-state index contributed by atoms with van der Waals surface area (Å²) in [4.78, 5) is 11.9. The van der Waals surface area contributed by atoms with Crippen molar-refractivity contribution in [3.8, 4) is 0 Å². The van der Waals surface area contributed by atoms with E-state index < -0.39 is 5.60 Å². The minimum Gasteiger partial charge on any atom is -0.469 e. The zero-order chi connectivity index (χ0) is 18.7. The van der Waals surface area contributed by atoms with Crippen LogP contribution in [-0.4, -0.2) is 35.0 Å². The molecule has 7 atom stereocenters. The standard InChI is InChI=1S/C22H34O4/c1-20-9-6-15(23)12-14(20)4-5-16-17(20)7-10-21(2)18(16)8-11-22(21,25)13-19(24)26-3/h4,15-18,23,25H,5-13H2,1-3H3/t15-,16+,17-,18-,20+,21+,22-/m1/s1. The highest BCUT2D eigenvalue weighted by molar-refractivity contribution is 5.70. The smallest absolute Gasteiger partial charge is 0.308 e. The van der Waals surface area contributed by atoms with Gasteiger partial charge in [-0.2, -0.15) is 0 Å². The molecule has 4 rings (SSSR count). The second kappa shape index (κ2) is 6.07. The zero-order valence-corrected chi connectivity index (χ0v) is 16.5. The quantitative estimate of drug-likeness (QED) is 0.582. The molecule has 2 N–H and O–H groups in total. The number of ether oxygens (including phenoxy) is 1. The van der Waals surface area contributed by atoms with Crippen LogP contribution < -0.4 is 0 Å². The van der Waals surface area contributed by atoms with Gasteiger partial charge in [-0.3, -0.25) is 4.79 Å². The molecule has 4 aliphatic carbocycles. The fourth-order valence-corrected chi connectivity index (χ4v) is 7.35. The summed E-state index contributed by atoms with van der Waals surface area (Å²) in [5.41, 5.74) is 0.567. The van der Waals surface area contributed by atoms with E-state index in [4.69, 9.17) is 4.74 Å². The van der Waals surface area contributed by atoms with Crippen molar-refractivity contribution in [2.24, 2.45) is 28.6 Å². The molecule has 0 unspecified atom stereocenters. The molecular formula is C22H34O4. The summed E-state index contributed by atoms with van der Waals surface area (Å²) in [5.74, 6) is 1.41. The number of aliphatic hydroxyl groups is 2. The van der Waals surface area contributed by atoms with Crippen molar-refractivity contribution < 1.29 is 19.7 Å². The Kier molecular flexibility index (Phi) is 4.31. The summed E-state index contributed by atoms with van der Waals surface area (Å²) < 4.78 is 4.87. The SMILES string of the molecule is COC(=O)C[C@]1(O)CC[C@@H]2[C@H]3CC=C4C[C@H](O)CC[C@]4(C)[C@@H]3CC[C@@]21C. The Morgan fingerprint density at radius 2 is 1.92 bits per heavy atom. The number of allylic oxidation sites excluding steroid dienone is 1. The zero-order valence-electron chi connectivity index (χ0n) is 16.5. The molecule has 0 amide bonds. The fraction of sp³-hybridized carbons (Fsp3) is 0.864. The molecule has 0 spiro atoms. The minimum absolute atomic E-state index is 0.123. The summed E-state index contributed by atoms with van der Waals surface area (Å²) in [5, 5.41) is 21.5. The number of rotatable bonds is 2. The Bertz CT molecular complexity index is 628. The Morgan fingerprint density at radius 3 is 2.65 bits per heavy atom. The van der Waals surface area contributed by atoms with Crippen LogP contribution in [0.4, 0.5) is 0 Å². The lowest BCUT2D eigenvalue weighted by molar-refractivity contribution is -0.160. The molecule has 0 heterocycles. The van der Waals surface area contributed by atoms with Gasteiger partial charge in [0, 0.05) is 0 Å². The maximum atomic E-state index is 11.9. The van der Waals surface area contributed by atoms with Crippen LogP contribution in [0.5, 0.6) is 0 Å². The van der Waals surface area contributed by atoms with E-state index >= 15 is 0 Å². The number of carbonyl (C=O) groups excluding carboxylic acids is 1. The van der Waals surface area contributed by atoms with E-state index in [-0.39, 0.29) is 29.3 Å². The molecule has 3 saturated carbocycles. The first-order valence-corrected chi connectivity index (χ1v) is 10.4. The van der Waals surface area contributed by atoms with Gasteiger partial charge in [0.05, 0.1) is 25.2 Å². The molecule has 0 aliphatic heterocycles. The van der Waals surface area contributed by atoms with Crippen LogP contribution in [0.2, 0.25) is 0 Å². The fourth-order valence-electron chi connectivity index (χ4n) is 7.35. The van der Waals surface area contributed by atoms with Gasteiger partial charge in [0.15, 0.2) is 0 Å². The molecule has 26 heavy (non-hydrogen) atoms. The number of methoxy groups -OCH3 is 1. The number of carbonyl (C=O) groups is 1. The second-order valence-corrected chi connectivity index (χ2v) is 9.94. The van der Waals surface area contributed by atoms with Crippen LogP contribution in [0.15, 0.2) is 11.6 Å². The minimum atomic E-state index is -0.927. The van der Waals surface area contributed by atoms with Gasteiger partial charge < -0.3 is 14.9 Å². The van der Waals surface area contributed by atoms with Gasteiger partial charge in [-0.05, 0) is 80.0 Å². The number of fused-ring (bicyclic) bond motifs is 5. The van der Waals surface area contributed by atoms with Crippen molar-refractivity contribution in [1.82, 2.24) is 0 Å². The lowest BCUT2D eigenvalue weighted by Crippen LogP contribution is -2.55. The lowest BCUT2D eigenvalue weighted by atomic mass is 9.47. The summed E-state index contributed by atoms with van der Waals surface area (Å²) in [6.45, 7) is 4.63. The second-order valence-electron chi connectivity index (χ2n) is 9.94. The first kappa shape index (κ1) is 18.5. The van der Waals surface area contributed by atoms with Crippen LogP contribution >= 0.6 is 0 Å². The predicted molar refractivity (Wildman–Crippen MR) is 99.3 cm³/mol. The summed E-state index contributed by atoms with van der Waals surface area (Å²) in [6, 6.07) is 0. The number of hydrogen-bond donors (Lipinski definition) is 2. The van der Waals surface area contributed by atoms with Crippen molar-refractivity contribution in [2.45, 2.75) is 83.3 Å². The van der Waals surface area contributed by atoms with E-state index in [1.54, 1.807) is 0 Å². The summed E-state index contributed by atoms with van der Waals surface area (Å²) in [7, 11) is 1.41. The Labute approximate surface area is 157 Å². The topological polar surface area (TPSA) is 66.8 Å². The molecular weight excluding hydrogens is 328 g/mol. The van der Waals surface area contributed by atoms with Gasteiger partial charge in [-0.25, -0.2) is 0 Å². The molecule has 0 aromatic heterocycles. The molecule has 4 aliphatic rings. The number of esters is 1. The molecule has 0 aromatic rings. The lowest BCUT2D eigenvalue weighted by Gasteiger charge is -2.59. The molecule has 3 fully saturated rings. The Hall–Kier alpha value is -0.870. The van der Waals surface area contributed by atoms with E-state index in [9.17, 15) is 15.0 Å². The van der Waals surface area contributed by atoms with Crippen LogP contribution in [0.1, 0.15) is 71.6 Å². The van der Waals surface area contributed by atoms with Gasteiger partial charge in [-0.1, -0.05) is 25.5 Å². The van der Waals surface area contributed by atoms with E-state index in [1.165, 1.54) is 12.7 Å². The van der Waals surface area contributed by atoms with E-state index in [0.717, 1.165) is 44.9 Å². The summed E-state index contributed by atoms with van der Waals surface area (Å²) in [6.07, 6.45) is 10.1. The average Bonchev–Trinajstić information content (AvgIpc) is 2.86. The molecule has 0 radical (unpaired) electrons. The molecule has 0 bridgehead atoms. The van der Waals surface area contributed by atoms with Gasteiger partial charge >= 0.3 is 5.97 Å². The number of hydrogen-bond acceptors (Lipinski definition) is 4. The first-order valence-electron chi connectivity index (χ1n) is 10.4. The third kappa shape index (κ3) is 2.44. The van der Waals surface area contributed by atoms with Crippen molar-refractivity contribution in [2.75, 3.05) is 7.11 Å². The third-order valence-corrected chi connectivity index (χ3v) is 9.06. The van der Waals surface area contributed by atoms with E-state index in [0.29, 0.717) is 24.2 Å². The normalized spacial score (nSPS) is 50.3. The van der Waals surface area contributed by atoms with Crippen molar-refractivity contribution >= 4 is 5.97 Å². The summed E-state index contributed by atoms with van der Waals surface area (Å²) >= 11 is 0. The Balaban J connectivity index is 1.63. The van der Waals surface area contributed by atoms with Crippen molar-refractivity contribution in [3.63, 3.8) is 0 Å². The highest BCUT2D eigenvalue weighted by Gasteiger charge is 2.64. The first-order chi connectivity index (χ1) is 12.2. The van der Waals surface area contributed by atoms with Crippen molar-refractivity contribution in [3.05, 3.63) is 11.6 Å². The predicted octanol–water partition coefficient (Wildman–Crippen LogP) is 3.60. The highest BCUT2D eigenvalue weighted by atomic mass is 16.5. The van der Waals surface area contributed by atoms with Crippen LogP contribution in [-0.2, 0) is 9.53 Å². The van der Waals surface area contributed by atoms with Gasteiger partial charge in [0.1, 0.15) is 0 Å². The molecule has 0 saturated heterocycles. The van der Waals surface area contributed by atoms with Crippen molar-refractivity contribution in [1.29, 1.82) is 0 Å². The molecule has 4 heteroatoms. The number of aliphatic hydroxyl groups excluding tert-OH is 1.